The summed E-state index contributed by atoms with van der Waals surface area (Å²) in [5, 5.41) is 6.46. The Morgan fingerprint density at radius 3 is 1.56 bits per heavy atom. The molecule has 7 heteroatoms. The summed E-state index contributed by atoms with van der Waals surface area (Å²) in [5.41, 5.74) is 0. The number of hydrogen-bond acceptors (Lipinski definition) is 4. The molecule has 0 aromatic rings. The molecule has 0 unspecified atom stereocenters. The van der Waals surface area contributed by atoms with Crippen molar-refractivity contribution >= 4 is 10.4 Å². The second-order valence-corrected chi connectivity index (χ2v) is 3.68. The van der Waals surface area contributed by atoms with Gasteiger partial charge in [0.1, 0.15) is 0 Å². The predicted octanol–water partition coefficient (Wildman–Crippen LogP) is 0.275. The summed E-state index contributed by atoms with van der Waals surface area (Å²) in [6.07, 6.45) is 4.90. The summed E-state index contributed by atoms with van der Waals surface area (Å²) in [6, 6.07) is 0. The molecule has 16 heavy (non-hydrogen) atoms. The van der Waals surface area contributed by atoms with Crippen molar-refractivity contribution in [3.8, 4) is 0 Å². The van der Waals surface area contributed by atoms with Crippen molar-refractivity contribution in [2.24, 2.45) is 0 Å². The third kappa shape index (κ3) is 37.8. The van der Waals surface area contributed by atoms with Crippen molar-refractivity contribution in [2.75, 3.05) is 26.2 Å². The van der Waals surface area contributed by atoms with Gasteiger partial charge in [-0.05, 0) is 19.5 Å². The molecule has 0 rings (SSSR count). The highest BCUT2D eigenvalue weighted by molar-refractivity contribution is 7.79. The first kappa shape index (κ1) is 17.7. The molecule has 6 nitrogen and oxygen atoms in total. The first-order chi connectivity index (χ1) is 7.41. The van der Waals surface area contributed by atoms with E-state index in [0.717, 1.165) is 32.6 Å². The van der Waals surface area contributed by atoms with E-state index in [9.17, 15) is 0 Å². The molecule has 0 fully saturated rings. The fraction of sp³-hybridized carbons (Fsp3) is 0.556. The van der Waals surface area contributed by atoms with Crippen LogP contribution in [0.5, 0.6) is 0 Å². The minimum Gasteiger partial charge on any atom is -0.313 e. The lowest BCUT2D eigenvalue weighted by Crippen LogP contribution is -2.21. The van der Waals surface area contributed by atoms with Crippen LogP contribution in [0.1, 0.15) is 6.42 Å². The summed E-state index contributed by atoms with van der Waals surface area (Å²) < 4.78 is 31.6. The average molecular weight is 252 g/mol. The summed E-state index contributed by atoms with van der Waals surface area (Å²) in [7, 11) is -4.67. The molecule has 0 amide bonds. The maximum Gasteiger partial charge on any atom is 0.394 e. The molecule has 96 valence electrons. The molecule has 0 aliphatic carbocycles. The zero-order valence-electron chi connectivity index (χ0n) is 9.22. The van der Waals surface area contributed by atoms with Gasteiger partial charge in [-0.25, -0.2) is 0 Å². The Morgan fingerprint density at radius 2 is 1.31 bits per heavy atom. The summed E-state index contributed by atoms with van der Waals surface area (Å²) >= 11 is 0. The normalized spacial score (nSPS) is 10.1. The van der Waals surface area contributed by atoms with Crippen molar-refractivity contribution in [1.29, 1.82) is 0 Å². The van der Waals surface area contributed by atoms with Gasteiger partial charge >= 0.3 is 10.4 Å². The smallest absolute Gasteiger partial charge is 0.313 e. The lowest BCUT2D eigenvalue weighted by atomic mass is 10.4. The van der Waals surface area contributed by atoms with E-state index in [4.69, 9.17) is 17.5 Å². The van der Waals surface area contributed by atoms with Crippen LogP contribution < -0.4 is 10.6 Å². The zero-order valence-corrected chi connectivity index (χ0v) is 10.0. The Labute approximate surface area is 97.0 Å². The van der Waals surface area contributed by atoms with E-state index in [0.29, 0.717) is 0 Å². The molecule has 0 bridgehead atoms. The number of hydrogen-bond donors (Lipinski definition) is 4. The third-order valence-corrected chi connectivity index (χ3v) is 1.28. The van der Waals surface area contributed by atoms with Gasteiger partial charge in [-0.1, -0.05) is 12.2 Å². The zero-order chi connectivity index (χ0) is 12.9. The van der Waals surface area contributed by atoms with E-state index in [1.165, 1.54) is 0 Å². The Kier molecular flexibility index (Phi) is 13.6. The molecule has 0 heterocycles. The third-order valence-electron chi connectivity index (χ3n) is 1.28. The highest BCUT2D eigenvalue weighted by Gasteiger charge is 1.85. The topological polar surface area (TPSA) is 98.7 Å². The van der Waals surface area contributed by atoms with Crippen molar-refractivity contribution in [3.63, 3.8) is 0 Å². The molecule has 0 spiro atoms. The van der Waals surface area contributed by atoms with Crippen molar-refractivity contribution < 1.29 is 17.5 Å². The fourth-order valence-corrected chi connectivity index (χ4v) is 0.747. The van der Waals surface area contributed by atoms with E-state index in [-0.39, 0.29) is 0 Å². The Morgan fingerprint density at radius 1 is 1.00 bits per heavy atom. The molecule has 0 radical (unpaired) electrons. The monoisotopic (exact) mass is 252 g/mol. The summed E-state index contributed by atoms with van der Waals surface area (Å²) in [4.78, 5) is 0. The molecule has 4 N–H and O–H groups in total. The highest BCUT2D eigenvalue weighted by atomic mass is 32.3. The molecule has 0 aliphatic heterocycles. The molecule has 0 atom stereocenters. The Balaban J connectivity index is 0. The van der Waals surface area contributed by atoms with E-state index in [2.05, 4.69) is 23.8 Å². The first-order valence-corrected chi connectivity index (χ1v) is 6.14. The lowest BCUT2D eigenvalue weighted by molar-refractivity contribution is 0.381. The van der Waals surface area contributed by atoms with E-state index >= 15 is 0 Å². The van der Waals surface area contributed by atoms with Crippen molar-refractivity contribution in [3.05, 3.63) is 25.3 Å². The second-order valence-electron chi connectivity index (χ2n) is 2.79. The molecule has 0 saturated carbocycles. The van der Waals surface area contributed by atoms with Gasteiger partial charge in [0.25, 0.3) is 0 Å². The highest BCUT2D eigenvalue weighted by Crippen LogP contribution is 1.72. The standard InChI is InChI=1S/C9H18N2.H2O4S/c1-3-6-10-8-5-9-11-7-4-2;1-5(2,3)4/h3-4,10-11H,1-2,5-9H2;(H2,1,2,3,4). The molecule has 0 aromatic carbocycles. The summed E-state index contributed by atoms with van der Waals surface area (Å²) in [6.45, 7) is 11.1. The SMILES string of the molecule is C=CCNCCCNCC=C.O=S(=O)(O)O. The van der Waals surface area contributed by atoms with Crippen LogP contribution in [0.2, 0.25) is 0 Å². The van der Waals surface area contributed by atoms with Crippen molar-refractivity contribution in [2.45, 2.75) is 6.42 Å². The van der Waals surface area contributed by atoms with Crippen LogP contribution in [0.15, 0.2) is 25.3 Å². The maximum absolute atomic E-state index is 8.74. The van der Waals surface area contributed by atoms with Crippen LogP contribution in [0.3, 0.4) is 0 Å². The first-order valence-electron chi connectivity index (χ1n) is 4.75. The minimum atomic E-state index is -4.67. The Hall–Kier alpha value is -0.730. The van der Waals surface area contributed by atoms with Gasteiger partial charge in [-0.2, -0.15) is 8.42 Å². The Bertz CT molecular complexity index is 245. The van der Waals surface area contributed by atoms with Crippen LogP contribution >= 0.6 is 0 Å². The van der Waals surface area contributed by atoms with Crippen molar-refractivity contribution in [1.82, 2.24) is 10.6 Å². The second kappa shape index (κ2) is 12.3. The lowest BCUT2D eigenvalue weighted by Gasteiger charge is -2.01. The molecule has 0 aromatic heterocycles. The van der Waals surface area contributed by atoms with E-state index in [1.54, 1.807) is 0 Å². The molecular weight excluding hydrogens is 232 g/mol. The fourth-order valence-electron chi connectivity index (χ4n) is 0.747. The van der Waals surface area contributed by atoms with Gasteiger partial charge in [-0.15, -0.1) is 13.2 Å². The van der Waals surface area contributed by atoms with Gasteiger partial charge in [0.05, 0.1) is 0 Å². The predicted molar refractivity (Wildman–Crippen MR) is 64.9 cm³/mol. The number of nitrogens with one attached hydrogen (secondary N) is 2. The van der Waals surface area contributed by atoms with Crippen LogP contribution in [0.25, 0.3) is 0 Å². The molecule has 0 aliphatic rings. The van der Waals surface area contributed by atoms with E-state index < -0.39 is 10.4 Å². The minimum absolute atomic E-state index is 0.904. The van der Waals surface area contributed by atoms with E-state index in [1.807, 2.05) is 12.2 Å². The van der Waals surface area contributed by atoms with Crippen LogP contribution in [0, 0.1) is 0 Å². The molecular formula is C9H20N2O4S. The average Bonchev–Trinajstić information content (AvgIpc) is 2.14. The summed E-state index contributed by atoms with van der Waals surface area (Å²) in [5.74, 6) is 0. The largest absolute Gasteiger partial charge is 0.394 e. The van der Waals surface area contributed by atoms with Gasteiger partial charge in [-0.3, -0.25) is 9.11 Å². The van der Waals surface area contributed by atoms with Crippen LogP contribution in [0.4, 0.5) is 0 Å². The van der Waals surface area contributed by atoms with Gasteiger partial charge in [0.15, 0.2) is 0 Å². The quantitative estimate of drug-likeness (QED) is 0.281. The van der Waals surface area contributed by atoms with Crippen LogP contribution in [-0.4, -0.2) is 43.7 Å². The van der Waals surface area contributed by atoms with Crippen LogP contribution in [-0.2, 0) is 10.4 Å². The van der Waals surface area contributed by atoms with Gasteiger partial charge in [0, 0.05) is 13.1 Å². The van der Waals surface area contributed by atoms with Gasteiger partial charge in [0.2, 0.25) is 0 Å². The maximum atomic E-state index is 8.74. The molecule has 0 saturated heterocycles. The van der Waals surface area contributed by atoms with Gasteiger partial charge < -0.3 is 10.6 Å². The number of rotatable bonds is 8.